The smallest absolute Gasteiger partial charge is 0.176 e. The van der Waals surface area contributed by atoms with Crippen molar-refractivity contribution in [3.8, 4) is 5.69 Å². The molecule has 8 heteroatoms. The Morgan fingerprint density at radius 3 is 2.44 bits per heavy atom. The first-order valence-electron chi connectivity index (χ1n) is 4.61. The van der Waals surface area contributed by atoms with Gasteiger partial charge in [0.05, 0.1) is 15.7 Å². The fourth-order valence-electron chi connectivity index (χ4n) is 1.41. The summed E-state index contributed by atoms with van der Waals surface area (Å²) in [5.41, 5.74) is 0.525. The molecular weight excluding hydrogens is 385 g/mol. The molecule has 18 heavy (non-hydrogen) atoms. The standard InChI is InChI=1S/C10H5BrCl3FN2S/c11-5-1-6(12)9(7(13)2-5)17-3-8(14)16-10(17)18-4-15/h1-3H,4H2. The number of benzene rings is 1. The molecule has 0 radical (unpaired) electrons. The van der Waals surface area contributed by atoms with Gasteiger partial charge < -0.3 is 0 Å². The van der Waals surface area contributed by atoms with Crippen molar-refractivity contribution in [1.29, 1.82) is 0 Å². The van der Waals surface area contributed by atoms with Crippen LogP contribution in [0.1, 0.15) is 0 Å². The first kappa shape index (κ1) is 14.5. The van der Waals surface area contributed by atoms with E-state index >= 15 is 0 Å². The summed E-state index contributed by atoms with van der Waals surface area (Å²) in [4.78, 5) is 4.00. The monoisotopic (exact) mass is 388 g/mol. The lowest BCUT2D eigenvalue weighted by Gasteiger charge is -2.10. The van der Waals surface area contributed by atoms with Crippen LogP contribution in [0.4, 0.5) is 4.39 Å². The van der Waals surface area contributed by atoms with Crippen molar-refractivity contribution >= 4 is 62.5 Å². The number of hydrogen-bond acceptors (Lipinski definition) is 2. The number of alkyl halides is 1. The van der Waals surface area contributed by atoms with Crippen LogP contribution in [0, 0.1) is 0 Å². The zero-order valence-electron chi connectivity index (χ0n) is 8.63. The summed E-state index contributed by atoms with van der Waals surface area (Å²) in [5.74, 6) is 0. The normalized spacial score (nSPS) is 10.9. The predicted octanol–water partition coefficient (Wildman–Crippen LogP) is 5.61. The molecule has 0 saturated carbocycles. The number of nitrogens with zero attached hydrogens (tertiary/aromatic N) is 2. The molecule has 0 atom stereocenters. The molecule has 1 aromatic heterocycles. The highest BCUT2D eigenvalue weighted by Gasteiger charge is 2.15. The maximum absolute atomic E-state index is 12.4. The van der Waals surface area contributed by atoms with Crippen LogP contribution in [0.2, 0.25) is 15.2 Å². The van der Waals surface area contributed by atoms with E-state index in [9.17, 15) is 4.39 Å². The Balaban J connectivity index is 2.61. The zero-order valence-corrected chi connectivity index (χ0v) is 13.3. The van der Waals surface area contributed by atoms with E-state index < -0.39 is 6.01 Å². The maximum atomic E-state index is 12.4. The molecule has 0 aliphatic heterocycles. The van der Waals surface area contributed by atoms with E-state index in [1.54, 1.807) is 22.9 Å². The second kappa shape index (κ2) is 6.01. The zero-order chi connectivity index (χ0) is 13.3. The molecule has 1 heterocycles. The topological polar surface area (TPSA) is 17.8 Å². The minimum absolute atomic E-state index is 0.251. The Morgan fingerprint density at radius 1 is 1.28 bits per heavy atom. The van der Waals surface area contributed by atoms with Gasteiger partial charge >= 0.3 is 0 Å². The first-order chi connectivity index (χ1) is 8.52. The van der Waals surface area contributed by atoms with Crippen LogP contribution in [0.25, 0.3) is 5.69 Å². The molecule has 0 saturated heterocycles. The van der Waals surface area contributed by atoms with Crippen LogP contribution in [-0.2, 0) is 0 Å². The summed E-state index contributed by atoms with van der Waals surface area (Å²) in [6, 6.07) is 2.78. The van der Waals surface area contributed by atoms with Crippen LogP contribution < -0.4 is 0 Å². The maximum Gasteiger partial charge on any atom is 0.176 e. The molecule has 0 N–H and O–H groups in total. The highest BCUT2D eigenvalue weighted by atomic mass is 79.9. The van der Waals surface area contributed by atoms with Crippen molar-refractivity contribution in [2.75, 3.05) is 6.01 Å². The Morgan fingerprint density at radius 2 is 1.89 bits per heavy atom. The van der Waals surface area contributed by atoms with Crippen LogP contribution in [0.3, 0.4) is 0 Å². The van der Waals surface area contributed by atoms with Crippen LogP contribution in [0.5, 0.6) is 0 Å². The van der Waals surface area contributed by atoms with Crippen LogP contribution in [-0.4, -0.2) is 15.6 Å². The fraction of sp³-hybridized carbons (Fsp3) is 0.100. The van der Waals surface area contributed by atoms with E-state index in [4.69, 9.17) is 34.8 Å². The summed E-state index contributed by atoms with van der Waals surface area (Å²) in [6.45, 7) is 0. The Labute approximate surface area is 131 Å². The van der Waals surface area contributed by atoms with Gasteiger partial charge in [-0.2, -0.15) is 0 Å². The van der Waals surface area contributed by atoms with E-state index in [-0.39, 0.29) is 5.15 Å². The van der Waals surface area contributed by atoms with Gasteiger partial charge in [-0.15, -0.1) is 0 Å². The molecule has 2 rings (SSSR count). The lowest BCUT2D eigenvalue weighted by molar-refractivity contribution is 0.603. The van der Waals surface area contributed by atoms with Crippen LogP contribution >= 0.6 is 62.5 Å². The van der Waals surface area contributed by atoms with Crippen molar-refractivity contribution in [2.24, 2.45) is 0 Å². The van der Waals surface area contributed by atoms with Gasteiger partial charge in [-0.1, -0.05) is 62.5 Å². The number of hydrogen-bond donors (Lipinski definition) is 0. The van der Waals surface area contributed by atoms with E-state index in [1.807, 2.05) is 0 Å². The Hall–Kier alpha value is 0.0600. The molecule has 2 nitrogen and oxygen atoms in total. The molecule has 0 amide bonds. The lowest BCUT2D eigenvalue weighted by atomic mass is 10.3. The number of aromatic nitrogens is 2. The van der Waals surface area contributed by atoms with Crippen molar-refractivity contribution in [3.63, 3.8) is 0 Å². The molecule has 0 fully saturated rings. The fourth-order valence-corrected chi connectivity index (χ4v) is 3.57. The van der Waals surface area contributed by atoms with Gasteiger partial charge in [0, 0.05) is 10.7 Å². The van der Waals surface area contributed by atoms with Gasteiger partial charge in [-0.25, -0.2) is 9.37 Å². The molecular formula is C10H5BrCl3FN2S. The predicted molar refractivity (Wildman–Crippen MR) is 78.1 cm³/mol. The minimum atomic E-state index is -0.612. The van der Waals surface area contributed by atoms with Gasteiger partial charge in [0.15, 0.2) is 5.16 Å². The van der Waals surface area contributed by atoms with Crippen molar-refractivity contribution in [2.45, 2.75) is 5.16 Å². The largest absolute Gasteiger partial charge is 0.290 e. The second-order valence-electron chi connectivity index (χ2n) is 3.19. The SMILES string of the molecule is FCSc1nc(Cl)cn1-c1c(Cl)cc(Br)cc1Cl. The van der Waals surface area contributed by atoms with Gasteiger partial charge in [0.1, 0.15) is 11.2 Å². The number of halogens is 5. The quantitative estimate of drug-likeness (QED) is 0.634. The van der Waals surface area contributed by atoms with Gasteiger partial charge in [-0.3, -0.25) is 4.57 Å². The highest BCUT2D eigenvalue weighted by Crippen LogP contribution is 2.35. The minimum Gasteiger partial charge on any atom is -0.290 e. The van der Waals surface area contributed by atoms with Crippen molar-refractivity contribution in [3.05, 3.63) is 38.0 Å². The molecule has 0 aliphatic carbocycles. The summed E-state index contributed by atoms with van der Waals surface area (Å²) in [7, 11) is 0. The Kier molecular flexibility index (Phi) is 4.83. The second-order valence-corrected chi connectivity index (χ2v) is 6.18. The third kappa shape index (κ3) is 2.96. The van der Waals surface area contributed by atoms with Gasteiger partial charge in [0.2, 0.25) is 0 Å². The average Bonchev–Trinajstić information content (AvgIpc) is 2.58. The third-order valence-corrected chi connectivity index (χ3v) is 3.92. The summed E-state index contributed by atoms with van der Waals surface area (Å²) in [6.07, 6.45) is 1.54. The first-order valence-corrected chi connectivity index (χ1v) is 7.52. The molecule has 0 unspecified atom stereocenters. The van der Waals surface area contributed by atoms with Crippen molar-refractivity contribution < 1.29 is 4.39 Å². The molecule has 0 aliphatic rings. The van der Waals surface area contributed by atoms with Gasteiger partial charge in [0.25, 0.3) is 0 Å². The summed E-state index contributed by atoms with van der Waals surface area (Å²) in [5, 5.41) is 1.49. The average molecular weight is 390 g/mol. The molecule has 2 aromatic rings. The van der Waals surface area contributed by atoms with Crippen molar-refractivity contribution in [1.82, 2.24) is 9.55 Å². The van der Waals surface area contributed by atoms with E-state index in [1.165, 1.54) is 0 Å². The van der Waals surface area contributed by atoms with E-state index in [0.29, 0.717) is 20.9 Å². The number of thioether (sulfide) groups is 1. The number of rotatable bonds is 3. The highest BCUT2D eigenvalue weighted by molar-refractivity contribution is 9.10. The third-order valence-electron chi connectivity index (χ3n) is 2.05. The summed E-state index contributed by atoms with van der Waals surface area (Å²) >= 11 is 22.3. The molecule has 0 spiro atoms. The summed E-state index contributed by atoms with van der Waals surface area (Å²) < 4.78 is 14.8. The van der Waals surface area contributed by atoms with E-state index in [2.05, 4.69) is 20.9 Å². The molecule has 0 bridgehead atoms. The number of imidazole rings is 1. The lowest BCUT2D eigenvalue weighted by Crippen LogP contribution is -1.97. The van der Waals surface area contributed by atoms with Gasteiger partial charge in [-0.05, 0) is 12.1 Å². The molecule has 96 valence electrons. The van der Waals surface area contributed by atoms with E-state index in [0.717, 1.165) is 16.2 Å². The Bertz CT molecular complexity index is 567. The molecule has 1 aromatic carbocycles. The van der Waals surface area contributed by atoms with Crippen LogP contribution in [0.15, 0.2) is 28.0 Å².